The minimum atomic E-state index is -0.409. The van der Waals surface area contributed by atoms with Crippen LogP contribution < -0.4 is 0 Å². The Balaban J connectivity index is 2.81. The molecule has 0 saturated carbocycles. The summed E-state index contributed by atoms with van der Waals surface area (Å²) < 4.78 is 9.08. The van der Waals surface area contributed by atoms with Gasteiger partial charge in [0.2, 0.25) is 0 Å². The molecule has 4 heteroatoms. The van der Waals surface area contributed by atoms with Crippen molar-refractivity contribution in [1.82, 2.24) is 0 Å². The molecule has 0 saturated heterocycles. The second-order valence-corrected chi connectivity index (χ2v) is 3.67. The molecule has 19 heavy (non-hydrogen) atoms. The second-order valence-electron chi connectivity index (χ2n) is 3.67. The third-order valence-corrected chi connectivity index (χ3v) is 2.41. The predicted molar refractivity (Wildman–Crippen MR) is 73.2 cm³/mol. The first kappa shape index (κ1) is 14.7. The molecule has 4 nitrogen and oxygen atoms in total. The maximum atomic E-state index is 11.1. The van der Waals surface area contributed by atoms with Gasteiger partial charge in [-0.05, 0) is 17.2 Å². The maximum absolute atomic E-state index is 11.1. The van der Waals surface area contributed by atoms with E-state index >= 15 is 0 Å². The molecule has 0 heterocycles. The van der Waals surface area contributed by atoms with Crippen molar-refractivity contribution in [3.05, 3.63) is 47.5 Å². The molecule has 0 amide bonds. The third kappa shape index (κ3) is 5.21. The zero-order chi connectivity index (χ0) is 14.1. The van der Waals surface area contributed by atoms with Crippen LogP contribution in [0.15, 0.2) is 36.4 Å². The van der Waals surface area contributed by atoms with E-state index in [1.54, 1.807) is 12.2 Å². The maximum Gasteiger partial charge on any atom is 0.330 e. The highest BCUT2D eigenvalue weighted by atomic mass is 16.5. The molecule has 1 aromatic carbocycles. The monoisotopic (exact) mass is 260 g/mol. The summed E-state index contributed by atoms with van der Waals surface area (Å²) in [6, 6.07) is 7.52. The molecular weight excluding hydrogens is 244 g/mol. The van der Waals surface area contributed by atoms with Crippen LogP contribution in [0.4, 0.5) is 0 Å². The van der Waals surface area contributed by atoms with Crippen molar-refractivity contribution < 1.29 is 19.1 Å². The Morgan fingerprint density at radius 1 is 1.05 bits per heavy atom. The number of hydrogen-bond donors (Lipinski definition) is 0. The summed E-state index contributed by atoms with van der Waals surface area (Å²) in [7, 11) is 2.68. The van der Waals surface area contributed by atoms with Crippen LogP contribution in [0.2, 0.25) is 0 Å². The molecule has 0 bridgehead atoms. The Morgan fingerprint density at radius 3 is 2.26 bits per heavy atom. The number of esters is 2. The fourth-order valence-electron chi connectivity index (χ4n) is 1.41. The lowest BCUT2D eigenvalue weighted by Crippen LogP contribution is -1.96. The van der Waals surface area contributed by atoms with Crippen LogP contribution in [0.5, 0.6) is 0 Å². The Kier molecular flexibility index (Phi) is 6.09. The molecule has 0 atom stereocenters. The van der Waals surface area contributed by atoms with E-state index < -0.39 is 5.97 Å². The SMILES string of the molecule is COC(=O)/C=C/c1ccccc1/C=C/CC(=O)OC. The van der Waals surface area contributed by atoms with Gasteiger partial charge in [0.1, 0.15) is 0 Å². The predicted octanol–water partition coefficient (Wildman–Crippen LogP) is 2.45. The Hall–Kier alpha value is -2.36. The van der Waals surface area contributed by atoms with Crippen LogP contribution in [0.25, 0.3) is 12.2 Å². The average Bonchev–Trinajstić information content (AvgIpc) is 2.45. The van der Waals surface area contributed by atoms with Gasteiger partial charge in [0.25, 0.3) is 0 Å². The Labute approximate surface area is 112 Å². The van der Waals surface area contributed by atoms with Crippen molar-refractivity contribution in [2.45, 2.75) is 6.42 Å². The lowest BCUT2D eigenvalue weighted by atomic mass is 10.1. The summed E-state index contributed by atoms with van der Waals surface area (Å²) in [6.45, 7) is 0. The minimum absolute atomic E-state index is 0.214. The van der Waals surface area contributed by atoms with Gasteiger partial charge in [-0.25, -0.2) is 4.79 Å². The van der Waals surface area contributed by atoms with Gasteiger partial charge < -0.3 is 9.47 Å². The Morgan fingerprint density at radius 2 is 1.68 bits per heavy atom. The van der Waals surface area contributed by atoms with Crippen LogP contribution in [0.1, 0.15) is 17.5 Å². The van der Waals surface area contributed by atoms with Gasteiger partial charge in [-0.3, -0.25) is 4.79 Å². The number of benzene rings is 1. The van der Waals surface area contributed by atoms with E-state index in [1.807, 2.05) is 30.3 Å². The number of ether oxygens (including phenoxy) is 2. The largest absolute Gasteiger partial charge is 0.469 e. The number of hydrogen-bond acceptors (Lipinski definition) is 4. The van der Waals surface area contributed by atoms with Crippen LogP contribution in [-0.2, 0) is 19.1 Å². The summed E-state index contributed by atoms with van der Waals surface area (Å²) in [5.74, 6) is -0.702. The highest BCUT2D eigenvalue weighted by Crippen LogP contribution is 2.13. The fourth-order valence-corrected chi connectivity index (χ4v) is 1.41. The molecule has 0 spiro atoms. The van der Waals surface area contributed by atoms with E-state index in [-0.39, 0.29) is 12.4 Å². The third-order valence-electron chi connectivity index (χ3n) is 2.41. The van der Waals surface area contributed by atoms with Crippen molar-refractivity contribution in [3.8, 4) is 0 Å². The standard InChI is InChI=1S/C15H16O4/c1-18-14(16)9-5-8-12-6-3-4-7-13(12)10-11-15(17)19-2/h3-8,10-11H,9H2,1-2H3/b8-5+,11-10+. The van der Waals surface area contributed by atoms with Crippen molar-refractivity contribution in [2.24, 2.45) is 0 Å². The summed E-state index contributed by atoms with van der Waals surface area (Å²) >= 11 is 0. The molecule has 0 unspecified atom stereocenters. The minimum Gasteiger partial charge on any atom is -0.469 e. The van der Waals surface area contributed by atoms with Crippen molar-refractivity contribution in [3.63, 3.8) is 0 Å². The van der Waals surface area contributed by atoms with Crippen LogP contribution in [0, 0.1) is 0 Å². The number of methoxy groups -OCH3 is 2. The zero-order valence-corrected chi connectivity index (χ0v) is 11.0. The second kappa shape index (κ2) is 7.87. The van der Waals surface area contributed by atoms with E-state index in [0.29, 0.717) is 0 Å². The van der Waals surface area contributed by atoms with E-state index in [4.69, 9.17) is 0 Å². The van der Waals surface area contributed by atoms with Crippen molar-refractivity contribution >= 4 is 24.1 Å². The first-order chi connectivity index (χ1) is 9.17. The average molecular weight is 260 g/mol. The van der Waals surface area contributed by atoms with Crippen molar-refractivity contribution in [1.29, 1.82) is 0 Å². The number of carbonyl (C=O) groups excluding carboxylic acids is 2. The molecule has 0 aliphatic rings. The van der Waals surface area contributed by atoms with Gasteiger partial charge in [0.15, 0.2) is 0 Å². The zero-order valence-electron chi connectivity index (χ0n) is 11.0. The molecule has 1 aromatic rings. The molecule has 0 aliphatic heterocycles. The van der Waals surface area contributed by atoms with E-state index in [1.165, 1.54) is 20.3 Å². The van der Waals surface area contributed by atoms with Gasteiger partial charge in [-0.15, -0.1) is 0 Å². The summed E-state index contributed by atoms with van der Waals surface area (Å²) in [6.07, 6.45) is 6.77. The molecule has 0 aliphatic carbocycles. The highest BCUT2D eigenvalue weighted by molar-refractivity contribution is 5.87. The van der Waals surface area contributed by atoms with Gasteiger partial charge in [-0.2, -0.15) is 0 Å². The highest BCUT2D eigenvalue weighted by Gasteiger charge is 1.98. The first-order valence-corrected chi connectivity index (χ1v) is 5.75. The van der Waals surface area contributed by atoms with Crippen molar-refractivity contribution in [2.75, 3.05) is 14.2 Å². The normalized spacial score (nSPS) is 10.8. The Bertz CT molecular complexity index is 501. The molecule has 0 fully saturated rings. The summed E-state index contributed by atoms with van der Waals surface area (Å²) in [5, 5.41) is 0. The molecule has 0 aromatic heterocycles. The van der Waals surface area contributed by atoms with Gasteiger partial charge in [0, 0.05) is 6.08 Å². The molecular formula is C15H16O4. The lowest BCUT2D eigenvalue weighted by molar-refractivity contribution is -0.139. The topological polar surface area (TPSA) is 52.6 Å². The van der Waals surface area contributed by atoms with Gasteiger partial charge >= 0.3 is 11.9 Å². The first-order valence-electron chi connectivity index (χ1n) is 5.75. The fraction of sp³-hybridized carbons (Fsp3) is 0.200. The van der Waals surface area contributed by atoms with Crippen LogP contribution >= 0.6 is 0 Å². The molecule has 100 valence electrons. The number of carbonyl (C=O) groups is 2. The van der Waals surface area contributed by atoms with E-state index in [9.17, 15) is 9.59 Å². The van der Waals surface area contributed by atoms with E-state index in [2.05, 4.69) is 9.47 Å². The van der Waals surface area contributed by atoms with Gasteiger partial charge in [0.05, 0.1) is 20.6 Å². The summed E-state index contributed by atoms with van der Waals surface area (Å²) in [5.41, 5.74) is 1.78. The van der Waals surface area contributed by atoms with Gasteiger partial charge in [-0.1, -0.05) is 36.4 Å². The summed E-state index contributed by atoms with van der Waals surface area (Å²) in [4.78, 5) is 22.0. The molecule has 0 radical (unpaired) electrons. The van der Waals surface area contributed by atoms with Crippen LogP contribution in [-0.4, -0.2) is 26.2 Å². The molecule has 1 rings (SSSR count). The van der Waals surface area contributed by atoms with E-state index in [0.717, 1.165) is 11.1 Å². The molecule has 0 N–H and O–H groups in total. The lowest BCUT2D eigenvalue weighted by Gasteiger charge is -2.00. The smallest absolute Gasteiger partial charge is 0.330 e. The number of rotatable bonds is 5. The van der Waals surface area contributed by atoms with Crippen LogP contribution in [0.3, 0.4) is 0 Å². The quantitative estimate of drug-likeness (QED) is 0.602.